The highest BCUT2D eigenvalue weighted by Gasteiger charge is 2.05. The Morgan fingerprint density at radius 2 is 1.94 bits per heavy atom. The van der Waals surface area contributed by atoms with Crippen molar-refractivity contribution in [3.05, 3.63) is 35.4 Å². The van der Waals surface area contributed by atoms with Crippen LogP contribution in [0, 0.1) is 0 Å². The van der Waals surface area contributed by atoms with Crippen LogP contribution < -0.4 is 0 Å². The fourth-order valence-corrected chi connectivity index (χ4v) is 1.34. The minimum absolute atomic E-state index is 0.142. The highest BCUT2D eigenvalue weighted by atomic mass is 16.5. The molecule has 0 saturated heterocycles. The number of carbonyl (C=O) groups is 1. The minimum Gasteiger partial charge on any atom is -0.462 e. The summed E-state index contributed by atoms with van der Waals surface area (Å²) in [6.07, 6.45) is 2.34. The molecule has 0 aliphatic rings. The largest absolute Gasteiger partial charge is 0.462 e. The SMILES string of the molecule is CCc1ccc(C(=O)OCCCCO)cc1. The van der Waals surface area contributed by atoms with Crippen molar-refractivity contribution in [2.45, 2.75) is 26.2 Å². The molecular weight excluding hydrogens is 204 g/mol. The molecule has 1 aromatic rings. The predicted molar refractivity (Wildman–Crippen MR) is 62.4 cm³/mol. The molecule has 1 rings (SSSR count). The number of aryl methyl sites for hydroxylation is 1. The molecule has 0 amide bonds. The molecule has 1 N–H and O–H groups in total. The Balaban J connectivity index is 2.40. The molecule has 0 spiro atoms. The van der Waals surface area contributed by atoms with Crippen LogP contribution in [-0.4, -0.2) is 24.3 Å². The van der Waals surface area contributed by atoms with Gasteiger partial charge in [-0.25, -0.2) is 4.79 Å². The molecule has 0 fully saturated rings. The van der Waals surface area contributed by atoms with Crippen LogP contribution in [0.5, 0.6) is 0 Å². The molecule has 0 atom stereocenters. The number of hydrogen-bond acceptors (Lipinski definition) is 3. The number of aliphatic hydroxyl groups is 1. The van der Waals surface area contributed by atoms with E-state index < -0.39 is 0 Å². The summed E-state index contributed by atoms with van der Waals surface area (Å²) in [4.78, 5) is 11.5. The fourth-order valence-electron chi connectivity index (χ4n) is 1.34. The first-order chi connectivity index (χ1) is 7.77. The predicted octanol–water partition coefficient (Wildman–Crippen LogP) is 2.18. The van der Waals surface area contributed by atoms with E-state index in [2.05, 4.69) is 6.92 Å². The monoisotopic (exact) mass is 222 g/mol. The third-order valence-corrected chi connectivity index (χ3v) is 2.38. The van der Waals surface area contributed by atoms with Crippen LogP contribution in [-0.2, 0) is 11.2 Å². The third-order valence-electron chi connectivity index (χ3n) is 2.38. The zero-order valence-electron chi connectivity index (χ0n) is 9.61. The van der Waals surface area contributed by atoms with Crippen LogP contribution >= 0.6 is 0 Å². The van der Waals surface area contributed by atoms with Gasteiger partial charge in [-0.05, 0) is 37.0 Å². The molecule has 3 heteroatoms. The normalized spacial score (nSPS) is 10.1. The standard InChI is InChI=1S/C13H18O3/c1-2-11-5-7-12(8-6-11)13(15)16-10-4-3-9-14/h5-8,14H,2-4,9-10H2,1H3. The second kappa shape index (κ2) is 7.01. The van der Waals surface area contributed by atoms with Crippen LogP contribution in [0.25, 0.3) is 0 Å². The van der Waals surface area contributed by atoms with Gasteiger partial charge in [-0.15, -0.1) is 0 Å². The van der Waals surface area contributed by atoms with E-state index in [-0.39, 0.29) is 12.6 Å². The highest BCUT2D eigenvalue weighted by Crippen LogP contribution is 2.06. The Bertz CT molecular complexity index is 316. The van der Waals surface area contributed by atoms with Gasteiger partial charge in [0.1, 0.15) is 0 Å². The second-order valence-electron chi connectivity index (χ2n) is 3.62. The van der Waals surface area contributed by atoms with Crippen molar-refractivity contribution in [3.8, 4) is 0 Å². The molecule has 3 nitrogen and oxygen atoms in total. The zero-order chi connectivity index (χ0) is 11.8. The Labute approximate surface area is 96.1 Å². The molecule has 0 saturated carbocycles. The number of hydrogen-bond donors (Lipinski definition) is 1. The molecule has 16 heavy (non-hydrogen) atoms. The van der Waals surface area contributed by atoms with E-state index in [1.165, 1.54) is 5.56 Å². The van der Waals surface area contributed by atoms with Crippen LogP contribution in [0.3, 0.4) is 0 Å². The van der Waals surface area contributed by atoms with E-state index in [1.807, 2.05) is 12.1 Å². The number of unbranched alkanes of at least 4 members (excludes halogenated alkanes) is 1. The smallest absolute Gasteiger partial charge is 0.338 e. The molecule has 0 unspecified atom stereocenters. The molecule has 0 radical (unpaired) electrons. The lowest BCUT2D eigenvalue weighted by molar-refractivity contribution is 0.0492. The molecule has 0 aromatic heterocycles. The van der Waals surface area contributed by atoms with Crippen molar-refractivity contribution in [2.75, 3.05) is 13.2 Å². The first-order valence-electron chi connectivity index (χ1n) is 5.65. The van der Waals surface area contributed by atoms with Crippen LogP contribution in [0.15, 0.2) is 24.3 Å². The van der Waals surface area contributed by atoms with E-state index in [1.54, 1.807) is 12.1 Å². The summed E-state index contributed by atoms with van der Waals surface area (Å²) in [5.74, 6) is -0.291. The summed E-state index contributed by atoms with van der Waals surface area (Å²) in [5.41, 5.74) is 1.79. The second-order valence-corrected chi connectivity index (χ2v) is 3.62. The van der Waals surface area contributed by atoms with Gasteiger partial charge in [-0.2, -0.15) is 0 Å². The summed E-state index contributed by atoms with van der Waals surface area (Å²) in [6, 6.07) is 7.44. The molecule has 1 aromatic carbocycles. The van der Waals surface area contributed by atoms with Crippen LogP contribution in [0.1, 0.15) is 35.7 Å². The van der Waals surface area contributed by atoms with E-state index >= 15 is 0 Å². The lowest BCUT2D eigenvalue weighted by Crippen LogP contribution is -2.06. The molecule has 0 bridgehead atoms. The van der Waals surface area contributed by atoms with Gasteiger partial charge in [0, 0.05) is 6.61 Å². The van der Waals surface area contributed by atoms with Crippen molar-refractivity contribution >= 4 is 5.97 Å². The third kappa shape index (κ3) is 4.03. The minimum atomic E-state index is -0.291. The van der Waals surface area contributed by atoms with Crippen molar-refractivity contribution in [1.82, 2.24) is 0 Å². The topological polar surface area (TPSA) is 46.5 Å². The molecule has 0 heterocycles. The van der Waals surface area contributed by atoms with E-state index in [4.69, 9.17) is 9.84 Å². The first kappa shape index (κ1) is 12.7. The maximum Gasteiger partial charge on any atom is 0.338 e. The Kier molecular flexibility index (Phi) is 5.57. The van der Waals surface area contributed by atoms with Gasteiger partial charge < -0.3 is 9.84 Å². The lowest BCUT2D eigenvalue weighted by atomic mass is 10.1. The van der Waals surface area contributed by atoms with Crippen molar-refractivity contribution in [2.24, 2.45) is 0 Å². The van der Waals surface area contributed by atoms with E-state index in [0.29, 0.717) is 25.0 Å². The number of benzene rings is 1. The van der Waals surface area contributed by atoms with E-state index in [0.717, 1.165) is 6.42 Å². The van der Waals surface area contributed by atoms with Gasteiger partial charge in [0.15, 0.2) is 0 Å². The average molecular weight is 222 g/mol. The Hall–Kier alpha value is -1.35. The quantitative estimate of drug-likeness (QED) is 0.592. The van der Waals surface area contributed by atoms with Crippen molar-refractivity contribution in [1.29, 1.82) is 0 Å². The molecule has 0 aliphatic carbocycles. The van der Waals surface area contributed by atoms with Crippen LogP contribution in [0.4, 0.5) is 0 Å². The Morgan fingerprint density at radius 1 is 1.25 bits per heavy atom. The molecule has 0 aliphatic heterocycles. The van der Waals surface area contributed by atoms with Crippen LogP contribution in [0.2, 0.25) is 0 Å². The zero-order valence-corrected chi connectivity index (χ0v) is 9.61. The Morgan fingerprint density at radius 3 is 2.50 bits per heavy atom. The summed E-state index contributed by atoms with van der Waals surface area (Å²) < 4.78 is 5.05. The summed E-state index contributed by atoms with van der Waals surface area (Å²) in [6.45, 7) is 2.58. The van der Waals surface area contributed by atoms with Gasteiger partial charge >= 0.3 is 5.97 Å². The number of rotatable bonds is 6. The molecule has 88 valence electrons. The van der Waals surface area contributed by atoms with Gasteiger partial charge in [0.25, 0.3) is 0 Å². The maximum atomic E-state index is 11.5. The van der Waals surface area contributed by atoms with Gasteiger partial charge in [0.05, 0.1) is 12.2 Å². The average Bonchev–Trinajstić information content (AvgIpc) is 2.34. The maximum absolute atomic E-state index is 11.5. The van der Waals surface area contributed by atoms with Gasteiger partial charge in [0.2, 0.25) is 0 Å². The number of ether oxygens (including phenoxy) is 1. The number of esters is 1. The highest BCUT2D eigenvalue weighted by molar-refractivity contribution is 5.89. The number of aliphatic hydroxyl groups excluding tert-OH is 1. The summed E-state index contributed by atoms with van der Waals surface area (Å²) in [7, 11) is 0. The summed E-state index contributed by atoms with van der Waals surface area (Å²) in [5, 5.41) is 8.57. The fraction of sp³-hybridized carbons (Fsp3) is 0.462. The summed E-state index contributed by atoms with van der Waals surface area (Å²) >= 11 is 0. The molecular formula is C13H18O3. The lowest BCUT2D eigenvalue weighted by Gasteiger charge is -2.04. The van der Waals surface area contributed by atoms with Gasteiger partial charge in [-0.3, -0.25) is 0 Å². The van der Waals surface area contributed by atoms with E-state index in [9.17, 15) is 4.79 Å². The van der Waals surface area contributed by atoms with Crippen molar-refractivity contribution in [3.63, 3.8) is 0 Å². The number of carbonyl (C=O) groups excluding carboxylic acids is 1. The first-order valence-corrected chi connectivity index (χ1v) is 5.65. The van der Waals surface area contributed by atoms with Crippen molar-refractivity contribution < 1.29 is 14.6 Å². The van der Waals surface area contributed by atoms with Gasteiger partial charge in [-0.1, -0.05) is 19.1 Å².